The van der Waals surface area contributed by atoms with Gasteiger partial charge in [0.25, 0.3) is 0 Å². The molecule has 0 aliphatic carbocycles. The molecule has 0 atom stereocenters. The molecule has 0 spiro atoms. The largest absolute Gasteiger partial charge is 0.478 e. The van der Waals surface area contributed by atoms with Crippen molar-refractivity contribution in [3.63, 3.8) is 0 Å². The Kier molecular flexibility index (Phi) is 6.43. The van der Waals surface area contributed by atoms with Crippen molar-refractivity contribution in [3.8, 4) is 0 Å². The Morgan fingerprint density at radius 1 is 1.33 bits per heavy atom. The van der Waals surface area contributed by atoms with Crippen molar-refractivity contribution >= 4 is 5.97 Å². The summed E-state index contributed by atoms with van der Waals surface area (Å²) < 4.78 is 0. The third kappa shape index (κ3) is 6.72. The number of hydrogen-bond acceptors (Lipinski definition) is 1. The number of carboxylic acid groups (broad SMARTS) is 1. The fourth-order valence-electron chi connectivity index (χ4n) is 1.17. The van der Waals surface area contributed by atoms with Gasteiger partial charge in [-0.15, -0.1) is 0 Å². The average Bonchev–Trinajstić information content (AvgIpc) is 2.17. The van der Waals surface area contributed by atoms with Crippen LogP contribution in [0.15, 0.2) is 35.5 Å². The van der Waals surface area contributed by atoms with Crippen LogP contribution in [0, 0.1) is 0 Å². The Hall–Kier alpha value is -1.31. The van der Waals surface area contributed by atoms with E-state index in [0.29, 0.717) is 6.42 Å². The summed E-state index contributed by atoms with van der Waals surface area (Å²) in [5.41, 5.74) is 2.69. The zero-order valence-electron chi connectivity index (χ0n) is 9.84. The van der Waals surface area contributed by atoms with E-state index in [1.165, 1.54) is 5.57 Å². The van der Waals surface area contributed by atoms with Gasteiger partial charge in [0.2, 0.25) is 0 Å². The summed E-state index contributed by atoms with van der Waals surface area (Å²) in [6.45, 7) is 9.57. The van der Waals surface area contributed by atoms with Crippen LogP contribution in [0.5, 0.6) is 0 Å². The molecule has 0 heterocycles. The summed E-state index contributed by atoms with van der Waals surface area (Å²) in [5, 5.41) is 8.65. The number of rotatable bonds is 6. The second-order valence-electron chi connectivity index (χ2n) is 3.81. The Labute approximate surface area is 92.0 Å². The first kappa shape index (κ1) is 13.7. The van der Waals surface area contributed by atoms with E-state index in [4.69, 9.17) is 5.11 Å². The molecule has 15 heavy (non-hydrogen) atoms. The highest BCUT2D eigenvalue weighted by molar-refractivity contribution is 5.86. The monoisotopic (exact) mass is 208 g/mol. The standard InChI is InChI=1S/C13H20O2/c1-5-10(2)7-6-8-11(3)9-12(4)13(14)15/h5,8H,4,6-7,9H2,1-3H3,(H,14,15). The molecule has 0 aliphatic rings. The Bertz CT molecular complexity index is 296. The number of carboxylic acids is 1. The summed E-state index contributed by atoms with van der Waals surface area (Å²) in [6.07, 6.45) is 6.65. The molecule has 0 aromatic heterocycles. The normalized spacial score (nSPS) is 12.7. The molecule has 2 nitrogen and oxygen atoms in total. The third-order valence-electron chi connectivity index (χ3n) is 2.32. The van der Waals surface area contributed by atoms with Gasteiger partial charge in [0, 0.05) is 5.57 Å². The lowest BCUT2D eigenvalue weighted by molar-refractivity contribution is -0.132. The van der Waals surface area contributed by atoms with Gasteiger partial charge in [-0.3, -0.25) is 0 Å². The Balaban J connectivity index is 4.00. The third-order valence-corrected chi connectivity index (χ3v) is 2.32. The lowest BCUT2D eigenvalue weighted by Gasteiger charge is -2.01. The van der Waals surface area contributed by atoms with Gasteiger partial charge in [-0.2, -0.15) is 0 Å². The number of allylic oxidation sites excluding steroid dienone is 4. The van der Waals surface area contributed by atoms with E-state index in [-0.39, 0.29) is 5.57 Å². The van der Waals surface area contributed by atoms with Crippen LogP contribution in [0.4, 0.5) is 0 Å². The van der Waals surface area contributed by atoms with Gasteiger partial charge in [0.1, 0.15) is 0 Å². The van der Waals surface area contributed by atoms with Crippen LogP contribution in [0.1, 0.15) is 40.0 Å². The van der Waals surface area contributed by atoms with E-state index in [1.54, 1.807) is 0 Å². The summed E-state index contributed by atoms with van der Waals surface area (Å²) >= 11 is 0. The van der Waals surface area contributed by atoms with Crippen molar-refractivity contribution in [2.45, 2.75) is 40.0 Å². The molecule has 0 saturated carbocycles. The molecule has 2 heteroatoms. The topological polar surface area (TPSA) is 37.3 Å². The lowest BCUT2D eigenvalue weighted by atomic mass is 10.1. The first-order chi connectivity index (χ1) is 6.97. The smallest absolute Gasteiger partial charge is 0.331 e. The van der Waals surface area contributed by atoms with Crippen LogP contribution >= 0.6 is 0 Å². The van der Waals surface area contributed by atoms with E-state index in [0.717, 1.165) is 18.4 Å². The van der Waals surface area contributed by atoms with Crippen LogP contribution in [-0.2, 0) is 4.79 Å². The van der Waals surface area contributed by atoms with Crippen molar-refractivity contribution in [3.05, 3.63) is 35.5 Å². The second kappa shape index (κ2) is 7.04. The summed E-state index contributed by atoms with van der Waals surface area (Å²) in [7, 11) is 0. The maximum atomic E-state index is 10.5. The van der Waals surface area contributed by atoms with Crippen molar-refractivity contribution in [2.75, 3.05) is 0 Å². The fraction of sp³-hybridized carbons (Fsp3) is 0.462. The predicted molar refractivity (Wildman–Crippen MR) is 63.8 cm³/mol. The highest BCUT2D eigenvalue weighted by atomic mass is 16.4. The molecule has 0 saturated heterocycles. The van der Waals surface area contributed by atoms with Crippen molar-refractivity contribution in [1.29, 1.82) is 0 Å². The van der Waals surface area contributed by atoms with Gasteiger partial charge in [-0.1, -0.05) is 29.9 Å². The van der Waals surface area contributed by atoms with Gasteiger partial charge in [-0.25, -0.2) is 4.79 Å². The van der Waals surface area contributed by atoms with E-state index in [2.05, 4.69) is 25.7 Å². The van der Waals surface area contributed by atoms with Gasteiger partial charge in [-0.05, 0) is 40.0 Å². The first-order valence-electron chi connectivity index (χ1n) is 5.15. The van der Waals surface area contributed by atoms with E-state index < -0.39 is 5.97 Å². The predicted octanol–water partition coefficient (Wildman–Crippen LogP) is 3.71. The summed E-state index contributed by atoms with van der Waals surface area (Å²) in [6, 6.07) is 0. The van der Waals surface area contributed by atoms with E-state index in [9.17, 15) is 4.79 Å². The minimum atomic E-state index is -0.910. The Morgan fingerprint density at radius 3 is 2.40 bits per heavy atom. The SMILES string of the molecule is C=C(CC(C)=CCCC(C)=CC)C(=O)O. The number of carbonyl (C=O) groups is 1. The minimum absolute atomic E-state index is 0.256. The molecule has 0 aromatic carbocycles. The van der Waals surface area contributed by atoms with Gasteiger partial charge < -0.3 is 5.11 Å². The fourth-order valence-corrected chi connectivity index (χ4v) is 1.17. The molecular formula is C13H20O2. The highest BCUT2D eigenvalue weighted by Gasteiger charge is 2.03. The van der Waals surface area contributed by atoms with Crippen LogP contribution in [0.3, 0.4) is 0 Å². The minimum Gasteiger partial charge on any atom is -0.478 e. The molecule has 0 amide bonds. The second-order valence-corrected chi connectivity index (χ2v) is 3.81. The maximum Gasteiger partial charge on any atom is 0.331 e. The molecule has 0 unspecified atom stereocenters. The molecular weight excluding hydrogens is 188 g/mol. The molecule has 0 rings (SSSR count). The maximum absolute atomic E-state index is 10.5. The zero-order valence-corrected chi connectivity index (χ0v) is 9.84. The molecule has 0 aliphatic heterocycles. The van der Waals surface area contributed by atoms with Crippen LogP contribution in [0.25, 0.3) is 0 Å². The molecule has 84 valence electrons. The average molecular weight is 208 g/mol. The lowest BCUT2D eigenvalue weighted by Crippen LogP contribution is -1.99. The van der Waals surface area contributed by atoms with Gasteiger partial charge in [0.05, 0.1) is 0 Å². The highest BCUT2D eigenvalue weighted by Crippen LogP contribution is 2.12. The number of aliphatic carboxylic acids is 1. The van der Waals surface area contributed by atoms with E-state index >= 15 is 0 Å². The van der Waals surface area contributed by atoms with Crippen LogP contribution in [0.2, 0.25) is 0 Å². The summed E-state index contributed by atoms with van der Waals surface area (Å²) in [4.78, 5) is 10.5. The van der Waals surface area contributed by atoms with Crippen LogP contribution in [-0.4, -0.2) is 11.1 Å². The van der Waals surface area contributed by atoms with E-state index in [1.807, 2.05) is 13.8 Å². The number of hydrogen-bond donors (Lipinski definition) is 1. The Morgan fingerprint density at radius 2 is 1.93 bits per heavy atom. The molecule has 0 fully saturated rings. The quantitative estimate of drug-likeness (QED) is 0.533. The molecule has 0 bridgehead atoms. The van der Waals surface area contributed by atoms with Gasteiger partial charge >= 0.3 is 5.97 Å². The summed E-state index contributed by atoms with van der Waals surface area (Å²) in [5.74, 6) is -0.910. The van der Waals surface area contributed by atoms with Crippen molar-refractivity contribution in [1.82, 2.24) is 0 Å². The van der Waals surface area contributed by atoms with Crippen molar-refractivity contribution in [2.24, 2.45) is 0 Å². The molecule has 0 aromatic rings. The first-order valence-corrected chi connectivity index (χ1v) is 5.15. The molecule has 1 N–H and O–H groups in total. The van der Waals surface area contributed by atoms with Crippen molar-refractivity contribution < 1.29 is 9.90 Å². The zero-order chi connectivity index (χ0) is 11.8. The van der Waals surface area contributed by atoms with Crippen LogP contribution < -0.4 is 0 Å². The van der Waals surface area contributed by atoms with Gasteiger partial charge in [0.15, 0.2) is 0 Å². The molecule has 0 radical (unpaired) electrons.